The second-order valence-electron chi connectivity index (χ2n) is 2.45. The average molecular weight is 200 g/mol. The molecule has 13 heavy (non-hydrogen) atoms. The molecule has 0 saturated carbocycles. The molecule has 1 N–H and O–H groups in total. The van der Waals surface area contributed by atoms with Gasteiger partial charge in [0.2, 0.25) is 0 Å². The summed E-state index contributed by atoms with van der Waals surface area (Å²) in [6.07, 6.45) is -0.890. The highest BCUT2D eigenvalue weighted by Gasteiger charge is 2.23. The maximum atomic E-state index is 10.6. The van der Waals surface area contributed by atoms with Crippen LogP contribution < -0.4 is 4.78 Å². The van der Waals surface area contributed by atoms with Crippen molar-refractivity contribution in [3.63, 3.8) is 0 Å². The van der Waals surface area contributed by atoms with Crippen molar-refractivity contribution in [2.24, 2.45) is 0 Å². The van der Waals surface area contributed by atoms with Crippen LogP contribution in [0.2, 0.25) is 0 Å². The molecular formula is C7H9BO4S. The molecule has 6 heteroatoms. The molecular weight excluding hydrogens is 191 g/mol. The van der Waals surface area contributed by atoms with Crippen LogP contribution in [-0.4, -0.2) is 25.4 Å². The zero-order chi connectivity index (χ0) is 9.84. The van der Waals surface area contributed by atoms with Crippen molar-refractivity contribution in [2.75, 3.05) is 7.11 Å². The lowest BCUT2D eigenvalue weighted by Gasteiger charge is -2.03. The molecule has 1 aromatic heterocycles. The van der Waals surface area contributed by atoms with Crippen molar-refractivity contribution >= 4 is 29.4 Å². The zero-order valence-electron chi connectivity index (χ0n) is 7.31. The fraction of sp³-hybridized carbons (Fsp3) is 0.286. The van der Waals surface area contributed by atoms with Crippen molar-refractivity contribution in [1.82, 2.24) is 0 Å². The van der Waals surface area contributed by atoms with Gasteiger partial charge in [-0.25, -0.2) is 4.79 Å². The molecule has 0 atom stereocenters. The van der Waals surface area contributed by atoms with E-state index < -0.39 is 13.3 Å². The highest BCUT2D eigenvalue weighted by molar-refractivity contribution is 7.20. The van der Waals surface area contributed by atoms with Gasteiger partial charge in [0.05, 0.1) is 7.11 Å². The standard InChI is InChI=1S/C7H9BO4S/c1-5-3-6(13-4-5)8(10)12-7(9)11-2/h3-4,10H,1-2H3. The third-order valence-corrected chi connectivity index (χ3v) is 2.45. The van der Waals surface area contributed by atoms with Gasteiger partial charge in [-0.3, -0.25) is 0 Å². The van der Waals surface area contributed by atoms with Crippen molar-refractivity contribution in [3.8, 4) is 0 Å². The fourth-order valence-electron chi connectivity index (χ4n) is 0.780. The summed E-state index contributed by atoms with van der Waals surface area (Å²) < 4.78 is 9.32. The van der Waals surface area contributed by atoms with E-state index in [1.807, 2.05) is 12.3 Å². The van der Waals surface area contributed by atoms with Gasteiger partial charge in [0, 0.05) is 4.78 Å². The van der Waals surface area contributed by atoms with Gasteiger partial charge < -0.3 is 14.4 Å². The van der Waals surface area contributed by atoms with E-state index in [-0.39, 0.29) is 0 Å². The first-order valence-corrected chi connectivity index (χ1v) is 4.49. The van der Waals surface area contributed by atoms with Crippen LogP contribution in [0.1, 0.15) is 5.56 Å². The summed E-state index contributed by atoms with van der Waals surface area (Å²) in [6.45, 7) is 1.89. The Kier molecular flexibility index (Phi) is 3.33. The van der Waals surface area contributed by atoms with Crippen LogP contribution >= 0.6 is 11.3 Å². The molecule has 0 aliphatic rings. The van der Waals surface area contributed by atoms with Crippen LogP contribution in [0.3, 0.4) is 0 Å². The summed E-state index contributed by atoms with van der Waals surface area (Å²) in [5.41, 5.74) is 1.02. The smallest absolute Gasteiger partial charge is 0.473 e. The van der Waals surface area contributed by atoms with E-state index in [1.54, 1.807) is 6.07 Å². The van der Waals surface area contributed by atoms with E-state index >= 15 is 0 Å². The Morgan fingerprint density at radius 1 is 1.69 bits per heavy atom. The molecule has 0 aliphatic heterocycles. The zero-order valence-corrected chi connectivity index (χ0v) is 8.13. The number of hydrogen-bond acceptors (Lipinski definition) is 5. The van der Waals surface area contributed by atoms with Crippen LogP contribution in [0, 0.1) is 6.92 Å². The van der Waals surface area contributed by atoms with Crippen molar-refractivity contribution in [3.05, 3.63) is 17.0 Å². The Bertz CT molecular complexity index is 298. The topological polar surface area (TPSA) is 55.8 Å². The molecule has 0 fully saturated rings. The van der Waals surface area contributed by atoms with E-state index in [1.165, 1.54) is 18.4 Å². The summed E-state index contributed by atoms with van der Waals surface area (Å²) in [6, 6.07) is 1.75. The van der Waals surface area contributed by atoms with Gasteiger partial charge in [-0.2, -0.15) is 11.3 Å². The van der Waals surface area contributed by atoms with Gasteiger partial charge in [-0.15, -0.1) is 0 Å². The summed E-state index contributed by atoms with van der Waals surface area (Å²) in [5.74, 6) is 0. The lowest BCUT2D eigenvalue weighted by atomic mass is 9.88. The van der Waals surface area contributed by atoms with E-state index in [2.05, 4.69) is 9.39 Å². The molecule has 0 spiro atoms. The van der Waals surface area contributed by atoms with Crippen molar-refractivity contribution in [2.45, 2.75) is 6.92 Å². The molecule has 70 valence electrons. The summed E-state index contributed by atoms with van der Waals surface area (Å²) in [5, 5.41) is 11.2. The maximum Gasteiger partial charge on any atom is 0.575 e. The minimum absolute atomic E-state index is 0.586. The van der Waals surface area contributed by atoms with Gasteiger partial charge in [0.25, 0.3) is 0 Å². The van der Waals surface area contributed by atoms with E-state index in [9.17, 15) is 9.82 Å². The number of aryl methyl sites for hydroxylation is 1. The van der Waals surface area contributed by atoms with Crippen LogP contribution in [0.5, 0.6) is 0 Å². The number of thiophene rings is 1. The number of hydrogen-bond donors (Lipinski definition) is 1. The van der Waals surface area contributed by atoms with Crippen LogP contribution in [0.25, 0.3) is 0 Å². The molecule has 0 saturated heterocycles. The van der Waals surface area contributed by atoms with Gasteiger partial charge >= 0.3 is 13.3 Å². The van der Waals surface area contributed by atoms with Gasteiger partial charge in [0.15, 0.2) is 0 Å². The van der Waals surface area contributed by atoms with E-state index in [4.69, 9.17) is 0 Å². The molecule has 4 nitrogen and oxygen atoms in total. The predicted molar refractivity (Wildman–Crippen MR) is 50.2 cm³/mol. The Balaban J connectivity index is 2.58. The molecule has 1 rings (SSSR count). The first-order valence-electron chi connectivity index (χ1n) is 3.61. The number of carbonyl (C=O) groups excluding carboxylic acids is 1. The van der Waals surface area contributed by atoms with Gasteiger partial charge in [-0.1, -0.05) is 0 Å². The number of rotatable bonds is 2. The molecule has 0 aliphatic carbocycles. The highest BCUT2D eigenvalue weighted by Crippen LogP contribution is 2.03. The van der Waals surface area contributed by atoms with Crippen molar-refractivity contribution in [1.29, 1.82) is 0 Å². The quantitative estimate of drug-likeness (QED) is 0.558. The molecule has 0 aromatic carbocycles. The third-order valence-electron chi connectivity index (χ3n) is 1.37. The van der Waals surface area contributed by atoms with Crippen LogP contribution in [0.15, 0.2) is 11.4 Å². The Morgan fingerprint density at radius 2 is 2.38 bits per heavy atom. The Hall–Kier alpha value is -1.01. The molecule has 0 amide bonds. The minimum Gasteiger partial charge on any atom is -0.473 e. The third kappa shape index (κ3) is 2.75. The summed E-state index contributed by atoms with van der Waals surface area (Å²) >= 11 is 1.33. The second-order valence-corrected chi connectivity index (χ2v) is 3.39. The molecule has 0 unspecified atom stereocenters. The number of carbonyl (C=O) groups is 1. The fourth-order valence-corrected chi connectivity index (χ4v) is 1.59. The lowest BCUT2D eigenvalue weighted by Crippen LogP contribution is -2.33. The number of methoxy groups -OCH3 is 1. The normalized spacial score (nSPS) is 9.46. The Morgan fingerprint density at radius 3 is 2.85 bits per heavy atom. The number of ether oxygens (including phenoxy) is 1. The van der Waals surface area contributed by atoms with Gasteiger partial charge in [0.1, 0.15) is 0 Å². The first-order chi connectivity index (χ1) is 6.13. The van der Waals surface area contributed by atoms with E-state index in [0.717, 1.165) is 5.56 Å². The van der Waals surface area contributed by atoms with Crippen LogP contribution in [0.4, 0.5) is 4.79 Å². The molecule has 0 radical (unpaired) electrons. The monoisotopic (exact) mass is 200 g/mol. The van der Waals surface area contributed by atoms with Crippen molar-refractivity contribution < 1.29 is 19.2 Å². The van der Waals surface area contributed by atoms with Crippen LogP contribution in [-0.2, 0) is 9.39 Å². The largest absolute Gasteiger partial charge is 0.575 e. The molecule has 1 aromatic rings. The highest BCUT2D eigenvalue weighted by atomic mass is 32.1. The molecule has 0 bridgehead atoms. The van der Waals surface area contributed by atoms with E-state index in [0.29, 0.717) is 4.78 Å². The van der Waals surface area contributed by atoms with Gasteiger partial charge in [-0.05, 0) is 23.9 Å². The summed E-state index contributed by atoms with van der Waals surface area (Å²) in [4.78, 5) is 10.6. The lowest BCUT2D eigenvalue weighted by molar-refractivity contribution is 0.115. The minimum atomic E-state index is -1.23. The Labute approximate surface area is 80.2 Å². The average Bonchev–Trinajstić information content (AvgIpc) is 2.51. The maximum absolute atomic E-state index is 10.6. The molecule has 1 heterocycles. The summed E-state index contributed by atoms with van der Waals surface area (Å²) in [7, 11) is -0.0412. The predicted octanol–water partition coefficient (Wildman–Crippen LogP) is 0.527. The SMILES string of the molecule is COC(=O)OB(O)c1cc(C)cs1. The second kappa shape index (κ2) is 4.29. The first kappa shape index (κ1) is 10.1.